The average molecular weight is 478 g/mol. The first-order valence-electron chi connectivity index (χ1n) is 11.8. The number of methoxy groups -OCH3 is 1. The largest absolute Gasteiger partial charge is 0.497 e. The van der Waals surface area contributed by atoms with Gasteiger partial charge in [-0.05, 0) is 65.9 Å². The summed E-state index contributed by atoms with van der Waals surface area (Å²) in [4.78, 5) is 17.6. The molecule has 1 amide bonds. The van der Waals surface area contributed by atoms with Crippen molar-refractivity contribution in [1.82, 2.24) is 10.2 Å². The van der Waals surface area contributed by atoms with E-state index in [0.29, 0.717) is 6.54 Å². The predicted molar refractivity (Wildman–Crippen MR) is 141 cm³/mol. The van der Waals surface area contributed by atoms with Crippen molar-refractivity contribution in [2.75, 3.05) is 51.3 Å². The minimum Gasteiger partial charge on any atom is -0.497 e. The van der Waals surface area contributed by atoms with E-state index in [1.807, 2.05) is 18.2 Å². The quantitative estimate of drug-likeness (QED) is 0.394. The summed E-state index contributed by atoms with van der Waals surface area (Å²) in [6, 6.07) is 22.9. The van der Waals surface area contributed by atoms with E-state index in [-0.39, 0.29) is 18.3 Å². The summed E-state index contributed by atoms with van der Waals surface area (Å²) in [5.74, 6) is 0.926. The maximum Gasteiger partial charge on any atom is 0.251 e. The van der Waals surface area contributed by atoms with Crippen LogP contribution in [0.3, 0.4) is 0 Å². The Hall–Kier alpha value is -3.02. The van der Waals surface area contributed by atoms with E-state index in [1.165, 1.54) is 27.9 Å². The number of carbonyl (C=O) groups is 1. The number of anilines is 1. The van der Waals surface area contributed by atoms with Crippen LogP contribution in [0.1, 0.15) is 27.9 Å². The second-order valence-corrected chi connectivity index (χ2v) is 8.85. The Morgan fingerprint density at radius 1 is 0.912 bits per heavy atom. The molecular weight excluding hydrogens is 446 g/mol. The van der Waals surface area contributed by atoms with Crippen molar-refractivity contribution in [2.45, 2.75) is 12.8 Å². The number of nitrogens with zero attached hydrogens (tertiary/aromatic N) is 2. The zero-order valence-corrected chi connectivity index (χ0v) is 20.4. The number of benzene rings is 3. The number of nitrogens with one attached hydrogen (secondary N) is 1. The van der Waals surface area contributed by atoms with E-state index in [2.05, 4.69) is 63.6 Å². The van der Waals surface area contributed by atoms with Crippen molar-refractivity contribution in [3.63, 3.8) is 0 Å². The third kappa shape index (κ3) is 5.21. The highest BCUT2D eigenvalue weighted by Crippen LogP contribution is 2.36. The van der Waals surface area contributed by atoms with E-state index in [4.69, 9.17) is 4.74 Å². The number of halogens is 1. The Morgan fingerprint density at radius 3 is 2.53 bits per heavy atom. The molecule has 6 heteroatoms. The number of carbonyl (C=O) groups excluding carboxylic acids is 1. The van der Waals surface area contributed by atoms with Gasteiger partial charge in [0, 0.05) is 50.0 Å². The van der Waals surface area contributed by atoms with Crippen molar-refractivity contribution >= 4 is 24.0 Å². The smallest absolute Gasteiger partial charge is 0.251 e. The average Bonchev–Trinajstić information content (AvgIpc) is 3.25. The predicted octanol–water partition coefficient (Wildman–Crippen LogP) is 4.63. The van der Waals surface area contributed by atoms with Gasteiger partial charge in [-0.1, -0.05) is 36.4 Å². The van der Waals surface area contributed by atoms with Crippen LogP contribution >= 0.6 is 12.4 Å². The lowest BCUT2D eigenvalue weighted by Gasteiger charge is -2.36. The molecule has 0 bridgehead atoms. The number of fused-ring (bicyclic) bond motifs is 3. The van der Waals surface area contributed by atoms with Crippen LogP contribution in [0.2, 0.25) is 0 Å². The summed E-state index contributed by atoms with van der Waals surface area (Å²) in [5, 5.41) is 3.11. The minimum atomic E-state index is 0. The van der Waals surface area contributed by atoms with Crippen molar-refractivity contribution in [3.05, 3.63) is 83.4 Å². The molecule has 1 N–H and O–H groups in total. The van der Waals surface area contributed by atoms with Gasteiger partial charge in [0.2, 0.25) is 0 Å². The molecule has 34 heavy (non-hydrogen) atoms. The lowest BCUT2D eigenvalue weighted by molar-refractivity contribution is 0.0951. The molecule has 5 rings (SSSR count). The van der Waals surface area contributed by atoms with Crippen LogP contribution in [0.5, 0.6) is 5.75 Å². The van der Waals surface area contributed by atoms with Crippen LogP contribution in [-0.2, 0) is 6.42 Å². The minimum absolute atomic E-state index is 0. The molecule has 1 aliphatic heterocycles. The lowest BCUT2D eigenvalue weighted by Crippen LogP contribution is -2.47. The van der Waals surface area contributed by atoms with E-state index < -0.39 is 0 Å². The Balaban J connectivity index is 0.00000274. The summed E-state index contributed by atoms with van der Waals surface area (Å²) < 4.78 is 5.35. The summed E-state index contributed by atoms with van der Waals surface area (Å²) in [6.07, 6.45) is 1.87. The van der Waals surface area contributed by atoms with Crippen molar-refractivity contribution in [2.24, 2.45) is 0 Å². The zero-order valence-electron chi connectivity index (χ0n) is 19.6. The van der Waals surface area contributed by atoms with Crippen molar-refractivity contribution < 1.29 is 9.53 Å². The van der Waals surface area contributed by atoms with Gasteiger partial charge in [-0.3, -0.25) is 9.69 Å². The molecule has 0 spiro atoms. The highest BCUT2D eigenvalue weighted by atomic mass is 35.5. The monoisotopic (exact) mass is 477 g/mol. The molecular formula is C28H32ClN3O2. The molecule has 1 fully saturated rings. The van der Waals surface area contributed by atoms with Gasteiger partial charge in [-0.2, -0.15) is 0 Å². The van der Waals surface area contributed by atoms with Gasteiger partial charge >= 0.3 is 0 Å². The molecule has 0 atom stereocenters. The maximum absolute atomic E-state index is 12.7. The number of piperazine rings is 1. The molecule has 0 saturated carbocycles. The summed E-state index contributed by atoms with van der Waals surface area (Å²) in [6.45, 7) is 5.80. The SMILES string of the molecule is COc1cccc(N2CCN(CCCNC(=O)c3ccc4c(c3)Cc3ccccc3-4)CC2)c1.Cl. The molecule has 0 unspecified atom stereocenters. The van der Waals surface area contributed by atoms with E-state index >= 15 is 0 Å². The Labute approximate surface area is 208 Å². The van der Waals surface area contributed by atoms with Crippen molar-refractivity contribution in [1.29, 1.82) is 0 Å². The van der Waals surface area contributed by atoms with Gasteiger partial charge < -0.3 is 15.0 Å². The van der Waals surface area contributed by atoms with Crippen LogP contribution in [0, 0.1) is 0 Å². The molecule has 1 saturated heterocycles. The molecule has 0 aromatic heterocycles. The molecule has 1 aliphatic carbocycles. The fraction of sp³-hybridized carbons (Fsp3) is 0.321. The van der Waals surface area contributed by atoms with Crippen LogP contribution in [0.25, 0.3) is 11.1 Å². The molecule has 3 aromatic rings. The van der Waals surface area contributed by atoms with Crippen LogP contribution in [0.4, 0.5) is 5.69 Å². The molecule has 0 radical (unpaired) electrons. The van der Waals surface area contributed by atoms with Gasteiger partial charge in [0.05, 0.1) is 7.11 Å². The second kappa shape index (κ2) is 10.9. The number of amides is 1. The fourth-order valence-corrected chi connectivity index (χ4v) is 4.93. The fourth-order valence-electron chi connectivity index (χ4n) is 4.93. The topological polar surface area (TPSA) is 44.8 Å². The lowest BCUT2D eigenvalue weighted by atomic mass is 10.0. The zero-order chi connectivity index (χ0) is 22.6. The molecule has 5 nitrogen and oxygen atoms in total. The summed E-state index contributed by atoms with van der Waals surface area (Å²) in [5.41, 5.74) is 7.13. The first kappa shape index (κ1) is 24.1. The van der Waals surface area contributed by atoms with E-state index in [9.17, 15) is 4.79 Å². The van der Waals surface area contributed by atoms with Crippen molar-refractivity contribution in [3.8, 4) is 16.9 Å². The van der Waals surface area contributed by atoms with Gasteiger partial charge in [-0.15, -0.1) is 12.4 Å². The Bertz CT molecular complexity index is 1140. The van der Waals surface area contributed by atoms with Crippen LogP contribution in [0.15, 0.2) is 66.7 Å². The van der Waals surface area contributed by atoms with Gasteiger partial charge in [0.1, 0.15) is 5.75 Å². The summed E-state index contributed by atoms with van der Waals surface area (Å²) in [7, 11) is 1.71. The number of rotatable bonds is 7. The molecule has 2 aliphatic rings. The van der Waals surface area contributed by atoms with E-state index in [0.717, 1.165) is 56.9 Å². The van der Waals surface area contributed by atoms with Gasteiger partial charge in [-0.25, -0.2) is 0 Å². The third-order valence-corrected chi connectivity index (χ3v) is 6.78. The standard InChI is InChI=1S/C28H31N3O2.ClH/c1-33-25-8-4-7-24(20-25)31-16-14-30(15-17-31)13-5-12-29-28(32)22-10-11-27-23(19-22)18-21-6-2-3-9-26(21)27;/h2-4,6-11,19-20H,5,12-18H2,1H3,(H,29,32);1H. The number of hydrogen-bond acceptors (Lipinski definition) is 4. The molecule has 1 heterocycles. The van der Waals surface area contributed by atoms with Crippen LogP contribution < -0.4 is 15.0 Å². The van der Waals surface area contributed by atoms with Crippen LogP contribution in [-0.4, -0.2) is 57.2 Å². The first-order chi connectivity index (χ1) is 16.2. The first-order valence-corrected chi connectivity index (χ1v) is 11.8. The highest BCUT2D eigenvalue weighted by Gasteiger charge is 2.20. The van der Waals surface area contributed by atoms with Gasteiger partial charge in [0.15, 0.2) is 0 Å². The summed E-state index contributed by atoms with van der Waals surface area (Å²) >= 11 is 0. The Kier molecular flexibility index (Phi) is 7.76. The second-order valence-electron chi connectivity index (χ2n) is 8.85. The number of hydrogen-bond donors (Lipinski definition) is 1. The van der Waals surface area contributed by atoms with Gasteiger partial charge in [0.25, 0.3) is 5.91 Å². The number of ether oxygens (including phenoxy) is 1. The van der Waals surface area contributed by atoms with E-state index in [1.54, 1.807) is 7.11 Å². The molecule has 3 aromatic carbocycles. The molecule has 178 valence electrons. The highest BCUT2D eigenvalue weighted by molar-refractivity contribution is 5.95. The maximum atomic E-state index is 12.7. The Morgan fingerprint density at radius 2 is 1.71 bits per heavy atom. The normalized spacial score (nSPS) is 14.7. The third-order valence-electron chi connectivity index (χ3n) is 6.78.